The maximum absolute atomic E-state index is 5.97. The van der Waals surface area contributed by atoms with Crippen molar-refractivity contribution in [2.75, 3.05) is 0 Å². The van der Waals surface area contributed by atoms with Crippen LogP contribution in [-0.4, -0.2) is 6.10 Å². The molecule has 0 amide bonds. The van der Waals surface area contributed by atoms with Crippen molar-refractivity contribution in [1.82, 2.24) is 0 Å². The van der Waals surface area contributed by atoms with Crippen LogP contribution in [0.5, 0.6) is 0 Å². The minimum absolute atomic E-state index is 0.472. The highest BCUT2D eigenvalue weighted by Gasteiger charge is 2.36. The van der Waals surface area contributed by atoms with Crippen LogP contribution >= 0.6 is 0 Å². The minimum Gasteiger partial charge on any atom is -0.373 e. The summed E-state index contributed by atoms with van der Waals surface area (Å²) in [5, 5.41) is 0. The van der Waals surface area contributed by atoms with Crippen LogP contribution in [0, 0.1) is 11.8 Å². The van der Waals surface area contributed by atoms with Crippen molar-refractivity contribution in [3.8, 4) is 0 Å². The molecule has 1 heteroatoms. The molecule has 2 bridgehead atoms. The average molecular weight is 200 g/mol. The van der Waals surface area contributed by atoms with Gasteiger partial charge < -0.3 is 4.74 Å². The van der Waals surface area contributed by atoms with E-state index in [-0.39, 0.29) is 0 Å². The van der Waals surface area contributed by atoms with Gasteiger partial charge in [0.1, 0.15) is 0 Å². The number of rotatable bonds is 3. The van der Waals surface area contributed by atoms with Crippen LogP contribution in [0.4, 0.5) is 0 Å². The highest BCUT2D eigenvalue weighted by atomic mass is 16.5. The lowest BCUT2D eigenvalue weighted by molar-refractivity contribution is 0.0245. The zero-order valence-corrected chi connectivity index (χ0v) is 8.80. The molecule has 1 aromatic carbocycles. The molecule has 0 unspecified atom stereocenters. The second kappa shape index (κ2) is 3.82. The first kappa shape index (κ1) is 9.17. The number of fused-ring (bicyclic) bond motifs is 2. The van der Waals surface area contributed by atoms with Gasteiger partial charge in [-0.05, 0) is 24.3 Å². The van der Waals surface area contributed by atoms with E-state index in [1.54, 1.807) is 0 Å². The maximum atomic E-state index is 5.97. The molecule has 3 rings (SSSR count). The van der Waals surface area contributed by atoms with Gasteiger partial charge in [-0.1, -0.05) is 42.5 Å². The number of allylic oxidation sites excluding steroid dienone is 1. The van der Waals surface area contributed by atoms with Gasteiger partial charge in [-0.3, -0.25) is 0 Å². The maximum Gasteiger partial charge on any atom is 0.0720 e. The first-order chi connectivity index (χ1) is 7.42. The highest BCUT2D eigenvalue weighted by Crippen LogP contribution is 2.40. The smallest absolute Gasteiger partial charge is 0.0720 e. The third-order valence-electron chi connectivity index (χ3n) is 3.52. The van der Waals surface area contributed by atoms with Crippen molar-refractivity contribution in [1.29, 1.82) is 0 Å². The van der Waals surface area contributed by atoms with Crippen molar-refractivity contribution in [2.24, 2.45) is 11.8 Å². The lowest BCUT2D eigenvalue weighted by Gasteiger charge is -2.18. The first-order valence-corrected chi connectivity index (χ1v) is 5.75. The van der Waals surface area contributed by atoms with E-state index in [9.17, 15) is 0 Å². The van der Waals surface area contributed by atoms with Crippen LogP contribution in [0.3, 0.4) is 0 Å². The number of hydrogen-bond acceptors (Lipinski definition) is 1. The van der Waals surface area contributed by atoms with E-state index in [4.69, 9.17) is 4.74 Å². The molecule has 15 heavy (non-hydrogen) atoms. The van der Waals surface area contributed by atoms with Crippen molar-refractivity contribution >= 4 is 0 Å². The summed E-state index contributed by atoms with van der Waals surface area (Å²) in [6.45, 7) is 0.766. The van der Waals surface area contributed by atoms with Crippen molar-refractivity contribution in [3.05, 3.63) is 48.0 Å². The predicted molar refractivity (Wildman–Crippen MR) is 60.4 cm³/mol. The van der Waals surface area contributed by atoms with Crippen LogP contribution < -0.4 is 0 Å². The van der Waals surface area contributed by atoms with E-state index in [2.05, 4.69) is 36.4 Å². The molecule has 78 valence electrons. The van der Waals surface area contributed by atoms with Gasteiger partial charge in [-0.25, -0.2) is 0 Å². The summed E-state index contributed by atoms with van der Waals surface area (Å²) in [5.74, 6) is 1.49. The SMILES string of the molecule is C1=C[C@H]2C[C@@H]1C[C@@H]2OCc1ccccc1. The third-order valence-corrected chi connectivity index (χ3v) is 3.52. The number of hydrogen-bond donors (Lipinski definition) is 0. The Balaban J connectivity index is 1.57. The Morgan fingerprint density at radius 1 is 1.07 bits per heavy atom. The van der Waals surface area contributed by atoms with E-state index >= 15 is 0 Å². The van der Waals surface area contributed by atoms with Crippen molar-refractivity contribution in [2.45, 2.75) is 25.6 Å². The monoisotopic (exact) mass is 200 g/mol. The quantitative estimate of drug-likeness (QED) is 0.681. The minimum atomic E-state index is 0.472. The van der Waals surface area contributed by atoms with Gasteiger partial charge in [-0.15, -0.1) is 0 Å². The molecule has 2 aliphatic rings. The standard InChI is InChI=1S/C14H16O/c1-2-4-11(5-3-1)10-15-14-9-12-6-7-13(14)8-12/h1-7,12-14H,8-10H2/t12-,13+,14+/m1/s1. The molecule has 3 atom stereocenters. The van der Waals surface area contributed by atoms with Gasteiger partial charge in [0.25, 0.3) is 0 Å². The molecule has 0 aromatic heterocycles. The van der Waals surface area contributed by atoms with Gasteiger partial charge in [0, 0.05) is 5.92 Å². The zero-order valence-electron chi connectivity index (χ0n) is 8.80. The lowest BCUT2D eigenvalue weighted by Crippen LogP contribution is -2.17. The molecule has 0 spiro atoms. The molecule has 1 fully saturated rings. The summed E-state index contributed by atoms with van der Waals surface area (Å²) in [6, 6.07) is 10.4. The molecule has 1 saturated carbocycles. The molecule has 1 nitrogen and oxygen atoms in total. The fourth-order valence-electron chi connectivity index (χ4n) is 2.70. The second-order valence-corrected chi connectivity index (χ2v) is 4.62. The van der Waals surface area contributed by atoms with E-state index in [1.165, 1.54) is 18.4 Å². The Hall–Kier alpha value is -1.08. The molecular formula is C14H16O. The topological polar surface area (TPSA) is 9.23 Å². The molecule has 1 aromatic rings. The Labute approximate surface area is 90.8 Å². The predicted octanol–water partition coefficient (Wildman–Crippen LogP) is 3.17. The first-order valence-electron chi connectivity index (χ1n) is 5.75. The Bertz CT molecular complexity index is 355. The summed E-state index contributed by atoms with van der Waals surface area (Å²) in [4.78, 5) is 0. The second-order valence-electron chi connectivity index (χ2n) is 4.62. The number of ether oxygens (including phenoxy) is 1. The van der Waals surface area contributed by atoms with Crippen LogP contribution in [0.25, 0.3) is 0 Å². The molecule has 2 aliphatic carbocycles. The van der Waals surface area contributed by atoms with E-state index in [0.29, 0.717) is 12.0 Å². The van der Waals surface area contributed by atoms with E-state index < -0.39 is 0 Å². The number of benzene rings is 1. The lowest BCUT2D eigenvalue weighted by atomic mass is 10.0. The van der Waals surface area contributed by atoms with Crippen LogP contribution in [-0.2, 0) is 11.3 Å². The van der Waals surface area contributed by atoms with E-state index in [0.717, 1.165) is 12.5 Å². The Morgan fingerprint density at radius 3 is 2.60 bits per heavy atom. The summed E-state index contributed by atoms with van der Waals surface area (Å²) >= 11 is 0. The van der Waals surface area contributed by atoms with Gasteiger partial charge in [0.05, 0.1) is 12.7 Å². The van der Waals surface area contributed by atoms with Gasteiger partial charge >= 0.3 is 0 Å². The van der Waals surface area contributed by atoms with Crippen molar-refractivity contribution in [3.63, 3.8) is 0 Å². The Kier molecular flexibility index (Phi) is 2.34. The summed E-state index contributed by atoms with van der Waals surface area (Å²) in [6.07, 6.45) is 7.71. The van der Waals surface area contributed by atoms with E-state index in [1.807, 2.05) is 6.07 Å². The summed E-state index contributed by atoms with van der Waals surface area (Å²) in [7, 11) is 0. The molecule has 0 aliphatic heterocycles. The molecule has 0 N–H and O–H groups in total. The van der Waals surface area contributed by atoms with Crippen LogP contribution in [0.2, 0.25) is 0 Å². The van der Waals surface area contributed by atoms with Gasteiger partial charge in [0.15, 0.2) is 0 Å². The highest BCUT2D eigenvalue weighted by molar-refractivity contribution is 5.14. The van der Waals surface area contributed by atoms with Crippen LogP contribution in [0.15, 0.2) is 42.5 Å². The fraction of sp³-hybridized carbons (Fsp3) is 0.429. The normalized spacial score (nSPS) is 32.4. The Morgan fingerprint density at radius 2 is 1.93 bits per heavy atom. The van der Waals surface area contributed by atoms with Crippen molar-refractivity contribution < 1.29 is 4.74 Å². The zero-order chi connectivity index (χ0) is 10.1. The fourth-order valence-corrected chi connectivity index (χ4v) is 2.70. The molecular weight excluding hydrogens is 184 g/mol. The van der Waals surface area contributed by atoms with Crippen LogP contribution in [0.1, 0.15) is 18.4 Å². The summed E-state index contributed by atoms with van der Waals surface area (Å²) in [5.41, 5.74) is 1.28. The molecule has 0 radical (unpaired) electrons. The summed E-state index contributed by atoms with van der Waals surface area (Å²) < 4.78 is 5.97. The molecule has 0 saturated heterocycles. The molecule has 0 heterocycles. The third kappa shape index (κ3) is 1.84. The van der Waals surface area contributed by atoms with Gasteiger partial charge in [-0.2, -0.15) is 0 Å². The average Bonchev–Trinajstić information content (AvgIpc) is 2.89. The van der Waals surface area contributed by atoms with Gasteiger partial charge in [0.2, 0.25) is 0 Å². The largest absolute Gasteiger partial charge is 0.373 e.